The highest BCUT2D eigenvalue weighted by molar-refractivity contribution is 5.84. The molecule has 3 heteroatoms. The van der Waals surface area contributed by atoms with Crippen molar-refractivity contribution in [3.8, 4) is 5.75 Å². The van der Waals surface area contributed by atoms with Gasteiger partial charge in [0.2, 0.25) is 0 Å². The van der Waals surface area contributed by atoms with Gasteiger partial charge in [-0.3, -0.25) is 0 Å². The van der Waals surface area contributed by atoms with Gasteiger partial charge in [-0.25, -0.2) is 0 Å². The Morgan fingerprint density at radius 3 is 2.53 bits per heavy atom. The molecule has 0 amide bonds. The highest BCUT2D eigenvalue weighted by Gasteiger charge is 2.02. The zero-order valence-electron chi connectivity index (χ0n) is 11.8. The van der Waals surface area contributed by atoms with Crippen LogP contribution in [-0.2, 0) is 11.3 Å². The van der Waals surface area contributed by atoms with Crippen molar-refractivity contribution in [1.29, 1.82) is 0 Å². The van der Waals surface area contributed by atoms with Crippen molar-refractivity contribution in [2.75, 3.05) is 20.8 Å². The van der Waals surface area contributed by atoms with E-state index in [4.69, 9.17) is 9.47 Å². The molecular weight excluding hydrogens is 238 g/mol. The fourth-order valence-electron chi connectivity index (χ4n) is 2.11. The van der Waals surface area contributed by atoms with Gasteiger partial charge in [0.25, 0.3) is 0 Å². The molecule has 0 spiro atoms. The summed E-state index contributed by atoms with van der Waals surface area (Å²) < 4.78 is 10.3. The highest BCUT2D eigenvalue weighted by Crippen LogP contribution is 2.21. The first-order valence-corrected chi connectivity index (χ1v) is 6.52. The molecule has 1 unspecified atom stereocenters. The van der Waals surface area contributed by atoms with Crippen LogP contribution in [0, 0.1) is 0 Å². The monoisotopic (exact) mass is 259 g/mol. The van der Waals surface area contributed by atoms with Gasteiger partial charge in [0.05, 0.1) is 13.7 Å². The van der Waals surface area contributed by atoms with Crippen LogP contribution in [0.2, 0.25) is 0 Å². The molecule has 0 fully saturated rings. The first-order valence-electron chi connectivity index (χ1n) is 6.52. The fraction of sp³-hybridized carbons (Fsp3) is 0.375. The number of hydrogen-bond donors (Lipinski definition) is 1. The number of ether oxygens (including phenoxy) is 2. The second-order valence-electron chi connectivity index (χ2n) is 4.78. The Kier molecular flexibility index (Phi) is 4.77. The summed E-state index contributed by atoms with van der Waals surface area (Å²) >= 11 is 0. The van der Waals surface area contributed by atoms with Crippen LogP contribution < -0.4 is 10.1 Å². The average Bonchev–Trinajstić information content (AvgIpc) is 2.44. The molecular formula is C16H21NO2. The van der Waals surface area contributed by atoms with Crippen LogP contribution in [0.1, 0.15) is 12.5 Å². The maximum Gasteiger partial charge on any atom is 0.119 e. The Morgan fingerprint density at radius 2 is 1.79 bits per heavy atom. The molecule has 0 saturated carbocycles. The van der Waals surface area contributed by atoms with Gasteiger partial charge in [-0.05, 0) is 41.5 Å². The molecule has 0 aliphatic carbocycles. The highest BCUT2D eigenvalue weighted by atomic mass is 16.5. The van der Waals surface area contributed by atoms with E-state index >= 15 is 0 Å². The van der Waals surface area contributed by atoms with Gasteiger partial charge in [0.1, 0.15) is 5.75 Å². The first kappa shape index (κ1) is 13.8. The van der Waals surface area contributed by atoms with Crippen molar-refractivity contribution in [3.63, 3.8) is 0 Å². The SMILES string of the molecule is COCC(C)NCc1ccc2cc(OC)ccc2c1. The molecule has 102 valence electrons. The molecule has 0 saturated heterocycles. The third kappa shape index (κ3) is 3.69. The minimum absolute atomic E-state index is 0.358. The van der Waals surface area contributed by atoms with Gasteiger partial charge >= 0.3 is 0 Å². The molecule has 1 N–H and O–H groups in total. The lowest BCUT2D eigenvalue weighted by molar-refractivity contribution is 0.171. The molecule has 19 heavy (non-hydrogen) atoms. The quantitative estimate of drug-likeness (QED) is 0.865. The van der Waals surface area contributed by atoms with Crippen molar-refractivity contribution < 1.29 is 9.47 Å². The Labute approximate surface area is 114 Å². The number of hydrogen-bond acceptors (Lipinski definition) is 3. The molecule has 0 aliphatic heterocycles. The van der Waals surface area contributed by atoms with E-state index in [9.17, 15) is 0 Å². The molecule has 2 aromatic carbocycles. The van der Waals surface area contributed by atoms with Gasteiger partial charge in [-0.15, -0.1) is 0 Å². The van der Waals surface area contributed by atoms with E-state index in [0.29, 0.717) is 6.04 Å². The zero-order valence-corrected chi connectivity index (χ0v) is 11.8. The van der Waals surface area contributed by atoms with Crippen molar-refractivity contribution in [2.45, 2.75) is 19.5 Å². The van der Waals surface area contributed by atoms with Gasteiger partial charge in [0.15, 0.2) is 0 Å². The van der Waals surface area contributed by atoms with Crippen LogP contribution >= 0.6 is 0 Å². The summed E-state index contributed by atoms with van der Waals surface area (Å²) in [5.41, 5.74) is 1.28. The average molecular weight is 259 g/mol. The largest absolute Gasteiger partial charge is 0.497 e. The van der Waals surface area contributed by atoms with E-state index in [2.05, 4.69) is 42.6 Å². The Bertz CT molecular complexity index is 539. The third-order valence-electron chi connectivity index (χ3n) is 3.18. The lowest BCUT2D eigenvalue weighted by Gasteiger charge is -2.13. The van der Waals surface area contributed by atoms with Crippen molar-refractivity contribution in [2.24, 2.45) is 0 Å². The number of benzene rings is 2. The predicted octanol–water partition coefficient (Wildman–Crippen LogP) is 2.97. The second-order valence-corrected chi connectivity index (χ2v) is 4.78. The van der Waals surface area contributed by atoms with E-state index in [1.54, 1.807) is 14.2 Å². The Balaban J connectivity index is 2.09. The zero-order chi connectivity index (χ0) is 13.7. The number of methoxy groups -OCH3 is 2. The van der Waals surface area contributed by atoms with E-state index in [-0.39, 0.29) is 0 Å². The van der Waals surface area contributed by atoms with E-state index in [0.717, 1.165) is 18.9 Å². The van der Waals surface area contributed by atoms with Gasteiger partial charge in [-0.1, -0.05) is 18.2 Å². The summed E-state index contributed by atoms with van der Waals surface area (Å²) in [4.78, 5) is 0. The summed E-state index contributed by atoms with van der Waals surface area (Å²) in [6.07, 6.45) is 0. The molecule has 0 bridgehead atoms. The van der Waals surface area contributed by atoms with Crippen molar-refractivity contribution >= 4 is 10.8 Å². The number of rotatable bonds is 6. The smallest absolute Gasteiger partial charge is 0.119 e. The Hall–Kier alpha value is -1.58. The molecule has 2 rings (SSSR count). The summed E-state index contributed by atoms with van der Waals surface area (Å²) in [7, 11) is 3.41. The summed E-state index contributed by atoms with van der Waals surface area (Å²) in [5, 5.41) is 5.87. The minimum atomic E-state index is 0.358. The van der Waals surface area contributed by atoms with Gasteiger partial charge in [0, 0.05) is 19.7 Å². The predicted molar refractivity (Wildman–Crippen MR) is 78.7 cm³/mol. The number of fused-ring (bicyclic) bond motifs is 1. The van der Waals surface area contributed by atoms with Crippen LogP contribution in [0.3, 0.4) is 0 Å². The maximum atomic E-state index is 5.23. The number of nitrogens with one attached hydrogen (secondary N) is 1. The fourth-order valence-corrected chi connectivity index (χ4v) is 2.11. The first-order chi connectivity index (χ1) is 9.22. The van der Waals surface area contributed by atoms with E-state index in [1.807, 2.05) is 6.07 Å². The van der Waals surface area contributed by atoms with Crippen LogP contribution in [-0.4, -0.2) is 26.9 Å². The normalized spacial score (nSPS) is 12.6. The van der Waals surface area contributed by atoms with Crippen molar-refractivity contribution in [1.82, 2.24) is 5.32 Å². The second kappa shape index (κ2) is 6.55. The van der Waals surface area contributed by atoms with Gasteiger partial charge < -0.3 is 14.8 Å². The van der Waals surface area contributed by atoms with Crippen molar-refractivity contribution in [3.05, 3.63) is 42.0 Å². The topological polar surface area (TPSA) is 30.5 Å². The standard InChI is InChI=1S/C16H21NO2/c1-12(11-18-2)17-10-13-4-5-15-9-16(19-3)7-6-14(15)8-13/h4-9,12,17H,10-11H2,1-3H3. The molecule has 0 heterocycles. The summed E-state index contributed by atoms with van der Waals surface area (Å²) in [5.74, 6) is 0.895. The Morgan fingerprint density at radius 1 is 1.05 bits per heavy atom. The summed E-state index contributed by atoms with van der Waals surface area (Å²) in [6, 6.07) is 13.0. The van der Waals surface area contributed by atoms with Crippen LogP contribution in [0.15, 0.2) is 36.4 Å². The van der Waals surface area contributed by atoms with Crippen LogP contribution in [0.4, 0.5) is 0 Å². The van der Waals surface area contributed by atoms with Gasteiger partial charge in [-0.2, -0.15) is 0 Å². The lowest BCUT2D eigenvalue weighted by Crippen LogP contribution is -2.29. The molecule has 0 aliphatic rings. The lowest BCUT2D eigenvalue weighted by atomic mass is 10.1. The maximum absolute atomic E-state index is 5.23. The molecule has 0 aromatic heterocycles. The van der Waals surface area contributed by atoms with Crippen LogP contribution in [0.25, 0.3) is 10.8 Å². The van der Waals surface area contributed by atoms with E-state index < -0.39 is 0 Å². The van der Waals surface area contributed by atoms with Crippen LogP contribution in [0.5, 0.6) is 5.75 Å². The summed E-state index contributed by atoms with van der Waals surface area (Å²) in [6.45, 7) is 3.70. The minimum Gasteiger partial charge on any atom is -0.497 e. The molecule has 0 radical (unpaired) electrons. The molecule has 1 atom stereocenters. The third-order valence-corrected chi connectivity index (χ3v) is 3.18. The molecule has 2 aromatic rings. The van der Waals surface area contributed by atoms with E-state index in [1.165, 1.54) is 16.3 Å². The molecule has 3 nitrogen and oxygen atoms in total.